The van der Waals surface area contributed by atoms with Crippen molar-refractivity contribution in [2.45, 2.75) is 23.6 Å². The van der Waals surface area contributed by atoms with Gasteiger partial charge in [-0.05, 0) is 70.8 Å². The van der Waals surface area contributed by atoms with Crippen LogP contribution in [-0.4, -0.2) is 22.6 Å². The Morgan fingerprint density at radius 1 is 0.350 bits per heavy atom. The highest BCUT2D eigenvalue weighted by Crippen LogP contribution is 2.45. The van der Waals surface area contributed by atoms with Crippen LogP contribution in [0, 0.1) is 0 Å². The summed E-state index contributed by atoms with van der Waals surface area (Å²) in [5.41, 5.74) is -7.45. The third kappa shape index (κ3) is 6.70. The van der Waals surface area contributed by atoms with Crippen LogP contribution in [0.3, 0.4) is 0 Å². The summed E-state index contributed by atoms with van der Waals surface area (Å²) < 4.78 is 80.2. The number of benzene rings is 4. The fourth-order valence-corrected chi connectivity index (χ4v) is 4.26. The first-order chi connectivity index (χ1) is 18.5. The van der Waals surface area contributed by atoms with E-state index in [1.807, 2.05) is 0 Å². The summed E-state index contributed by atoms with van der Waals surface area (Å²) in [7, 11) is 0. The molecule has 0 atom stereocenters. The number of aliphatic hydroxyl groups is 2. The smallest absolute Gasteiger partial charge is 0.372 e. The Morgan fingerprint density at radius 3 is 0.625 bits per heavy atom. The fraction of sp³-hybridized carbons (Fsp3) is 0.143. The van der Waals surface area contributed by atoms with Crippen LogP contribution in [0.15, 0.2) is 97.1 Å². The largest absolute Gasteiger partial charge is 0.425 e. The first kappa shape index (κ1) is 32.1. The van der Waals surface area contributed by atoms with Gasteiger partial charge in [-0.1, -0.05) is 94.9 Å². The molecule has 0 aliphatic carbocycles. The Labute approximate surface area is 245 Å². The number of hydrogen-bond acceptors (Lipinski definition) is 2. The maximum absolute atomic E-state index is 13.4. The molecule has 212 valence electrons. The van der Waals surface area contributed by atoms with Crippen molar-refractivity contribution >= 4 is 46.4 Å². The van der Waals surface area contributed by atoms with E-state index in [4.69, 9.17) is 46.4 Å². The molecule has 0 radical (unpaired) electrons. The lowest BCUT2D eigenvalue weighted by Crippen LogP contribution is -2.43. The lowest BCUT2D eigenvalue weighted by Gasteiger charge is -2.31. The molecule has 0 saturated carbocycles. The van der Waals surface area contributed by atoms with E-state index in [0.29, 0.717) is 0 Å². The average molecular weight is 642 g/mol. The zero-order chi connectivity index (χ0) is 29.9. The van der Waals surface area contributed by atoms with Crippen LogP contribution in [-0.2, 0) is 11.2 Å². The molecule has 40 heavy (non-hydrogen) atoms. The standard InChI is InChI=1S/2C14H9Cl2F3O/c2*15-11-5-1-9(2-6-11)13(20,14(17,18)19)10-3-7-12(16)8-4-10/h2*1-8,20H. The van der Waals surface area contributed by atoms with Crippen molar-refractivity contribution in [2.24, 2.45) is 0 Å². The molecule has 12 heteroatoms. The van der Waals surface area contributed by atoms with E-state index in [1.165, 1.54) is 48.5 Å². The second-order valence-corrected chi connectivity index (χ2v) is 10.2. The molecule has 0 aromatic heterocycles. The fourth-order valence-electron chi connectivity index (χ4n) is 3.75. The normalized spacial score (nSPS) is 12.5. The van der Waals surface area contributed by atoms with Gasteiger partial charge < -0.3 is 10.2 Å². The highest BCUT2D eigenvalue weighted by molar-refractivity contribution is 6.31. The molecule has 2 nitrogen and oxygen atoms in total. The summed E-state index contributed by atoms with van der Waals surface area (Å²) in [6.45, 7) is 0. The zero-order valence-corrected chi connectivity index (χ0v) is 22.9. The zero-order valence-electron chi connectivity index (χ0n) is 19.9. The molecule has 0 aliphatic rings. The Bertz CT molecular complexity index is 1200. The van der Waals surface area contributed by atoms with Crippen LogP contribution in [0.4, 0.5) is 26.3 Å². The summed E-state index contributed by atoms with van der Waals surface area (Å²) in [6.07, 6.45) is -9.76. The van der Waals surface area contributed by atoms with Crippen LogP contribution in [0.5, 0.6) is 0 Å². The first-order valence-electron chi connectivity index (χ1n) is 11.1. The topological polar surface area (TPSA) is 40.5 Å². The van der Waals surface area contributed by atoms with Gasteiger partial charge in [0.25, 0.3) is 0 Å². The van der Waals surface area contributed by atoms with Crippen molar-refractivity contribution < 1.29 is 36.6 Å². The monoisotopic (exact) mass is 640 g/mol. The molecular formula is C28H18Cl4F6O2. The summed E-state index contributed by atoms with van der Waals surface area (Å²) in [5, 5.41) is 21.7. The summed E-state index contributed by atoms with van der Waals surface area (Å²) in [4.78, 5) is 0. The molecule has 0 unspecified atom stereocenters. The van der Waals surface area contributed by atoms with E-state index in [1.54, 1.807) is 0 Å². The first-order valence-corrected chi connectivity index (χ1v) is 12.6. The maximum atomic E-state index is 13.4. The van der Waals surface area contributed by atoms with Gasteiger partial charge in [0.05, 0.1) is 0 Å². The van der Waals surface area contributed by atoms with Gasteiger partial charge in [-0.3, -0.25) is 0 Å². The Kier molecular flexibility index (Phi) is 9.77. The van der Waals surface area contributed by atoms with Crippen molar-refractivity contribution in [1.82, 2.24) is 0 Å². The van der Waals surface area contributed by atoms with Crippen molar-refractivity contribution in [3.05, 3.63) is 139 Å². The summed E-state index contributed by atoms with van der Waals surface area (Å²) >= 11 is 22.6. The molecular weight excluding hydrogens is 624 g/mol. The van der Waals surface area contributed by atoms with Gasteiger partial charge in [-0.2, -0.15) is 26.3 Å². The molecule has 0 amide bonds. The molecule has 0 bridgehead atoms. The van der Waals surface area contributed by atoms with Gasteiger partial charge in [-0.25, -0.2) is 0 Å². The molecule has 0 spiro atoms. The van der Waals surface area contributed by atoms with Gasteiger partial charge in [0, 0.05) is 20.1 Å². The quantitative estimate of drug-likeness (QED) is 0.218. The average Bonchev–Trinajstić information content (AvgIpc) is 2.88. The molecule has 4 aromatic rings. The van der Waals surface area contributed by atoms with E-state index in [2.05, 4.69) is 0 Å². The van der Waals surface area contributed by atoms with Crippen LogP contribution in [0.25, 0.3) is 0 Å². The van der Waals surface area contributed by atoms with Crippen LogP contribution in [0.2, 0.25) is 20.1 Å². The highest BCUT2D eigenvalue weighted by Gasteiger charge is 2.57. The molecule has 0 fully saturated rings. The van der Waals surface area contributed by atoms with Crippen molar-refractivity contribution in [3.8, 4) is 0 Å². The lowest BCUT2D eigenvalue weighted by molar-refractivity contribution is -0.248. The minimum atomic E-state index is -4.88. The minimum Gasteiger partial charge on any atom is -0.372 e. The molecule has 4 rings (SSSR count). The minimum absolute atomic E-state index is 0.286. The predicted octanol–water partition coefficient (Wildman–Crippen LogP) is 9.58. The predicted molar refractivity (Wildman–Crippen MR) is 144 cm³/mol. The van der Waals surface area contributed by atoms with E-state index >= 15 is 0 Å². The van der Waals surface area contributed by atoms with Gasteiger partial charge in [0.15, 0.2) is 0 Å². The maximum Gasteiger partial charge on any atom is 0.425 e. The number of halogens is 10. The van der Waals surface area contributed by atoms with Crippen molar-refractivity contribution in [3.63, 3.8) is 0 Å². The van der Waals surface area contributed by atoms with E-state index < -0.39 is 23.6 Å². The third-order valence-corrected chi connectivity index (χ3v) is 6.88. The van der Waals surface area contributed by atoms with Gasteiger partial charge in [0.2, 0.25) is 11.2 Å². The molecule has 0 heterocycles. The second-order valence-electron chi connectivity index (χ2n) is 8.44. The lowest BCUT2D eigenvalue weighted by atomic mass is 9.86. The SMILES string of the molecule is OC(c1ccc(Cl)cc1)(c1ccc(Cl)cc1)C(F)(F)F.OC(c1ccc(Cl)cc1)(c1ccc(Cl)cc1)C(F)(F)F. The molecule has 4 aromatic carbocycles. The van der Waals surface area contributed by atoms with Crippen LogP contribution >= 0.6 is 46.4 Å². The Hall–Kier alpha value is -2.46. The van der Waals surface area contributed by atoms with Crippen molar-refractivity contribution in [1.29, 1.82) is 0 Å². The highest BCUT2D eigenvalue weighted by atomic mass is 35.5. The van der Waals surface area contributed by atoms with Gasteiger partial charge in [0.1, 0.15) is 0 Å². The Morgan fingerprint density at radius 2 is 0.500 bits per heavy atom. The van der Waals surface area contributed by atoms with Crippen LogP contribution in [0.1, 0.15) is 22.3 Å². The van der Waals surface area contributed by atoms with E-state index in [0.717, 1.165) is 48.5 Å². The molecule has 0 aliphatic heterocycles. The van der Waals surface area contributed by atoms with Gasteiger partial charge in [-0.15, -0.1) is 0 Å². The van der Waals surface area contributed by atoms with Gasteiger partial charge >= 0.3 is 12.4 Å². The van der Waals surface area contributed by atoms with E-state index in [9.17, 15) is 36.6 Å². The Balaban J connectivity index is 0.000000220. The second kappa shape index (κ2) is 12.2. The van der Waals surface area contributed by atoms with Crippen molar-refractivity contribution in [2.75, 3.05) is 0 Å². The molecule has 0 saturated heterocycles. The third-order valence-electron chi connectivity index (χ3n) is 5.87. The van der Waals surface area contributed by atoms with Crippen LogP contribution < -0.4 is 0 Å². The molecule has 2 N–H and O–H groups in total. The summed E-state index contributed by atoms with van der Waals surface area (Å²) in [6, 6.07) is 19.5. The number of rotatable bonds is 4. The number of hydrogen-bond donors (Lipinski definition) is 2. The summed E-state index contributed by atoms with van der Waals surface area (Å²) in [5.74, 6) is 0. The number of alkyl halides is 6. The van der Waals surface area contributed by atoms with E-state index in [-0.39, 0.29) is 42.3 Å².